The number of nitrogens with zero attached hydrogens (tertiary/aromatic N) is 1. The number of carbonyl (C=O) groups excluding carboxylic acids is 2. The van der Waals surface area contributed by atoms with Gasteiger partial charge in [0.15, 0.2) is 6.29 Å². The molecule has 0 radical (unpaired) electrons. The molecule has 2 saturated heterocycles. The third-order valence-electron chi connectivity index (χ3n) is 8.18. The molecular weight excluding hydrogens is 526 g/mol. The van der Waals surface area contributed by atoms with Crippen LogP contribution in [0.2, 0.25) is 0 Å². The molecule has 3 unspecified atom stereocenters. The number of nitrogens with one attached hydrogen (secondary N) is 2. The minimum Gasteiger partial charge on any atom is -0.443 e. The Labute approximate surface area is 241 Å². The molecule has 2 amide bonds. The van der Waals surface area contributed by atoms with Gasteiger partial charge >= 0.3 is 6.09 Å². The number of aliphatic hydroxyl groups excluding tert-OH is 2. The van der Waals surface area contributed by atoms with Gasteiger partial charge < -0.3 is 35.1 Å². The van der Waals surface area contributed by atoms with Crippen LogP contribution < -0.4 is 10.6 Å². The number of fused-ring (bicyclic) bond motifs is 2. The van der Waals surface area contributed by atoms with E-state index in [1.54, 1.807) is 0 Å². The number of hydrogen-bond acceptors (Lipinski definition) is 8. The van der Waals surface area contributed by atoms with Gasteiger partial charge in [0.05, 0.1) is 37.9 Å². The van der Waals surface area contributed by atoms with Gasteiger partial charge in [-0.25, -0.2) is 4.79 Å². The number of amides is 2. The fourth-order valence-corrected chi connectivity index (χ4v) is 6.13. The van der Waals surface area contributed by atoms with Crippen molar-refractivity contribution in [3.8, 4) is 0 Å². The summed E-state index contributed by atoms with van der Waals surface area (Å²) in [5, 5.41) is 27.4. The average molecular weight is 568 g/mol. The fraction of sp³-hybridized carbons (Fsp3) is 0.548. The van der Waals surface area contributed by atoms with Crippen molar-refractivity contribution in [2.45, 2.75) is 70.8 Å². The topological polar surface area (TPSA) is 130 Å². The number of benzene rings is 2. The Morgan fingerprint density at radius 3 is 2.71 bits per heavy atom. The van der Waals surface area contributed by atoms with Crippen molar-refractivity contribution in [2.24, 2.45) is 11.8 Å². The van der Waals surface area contributed by atoms with E-state index >= 15 is 0 Å². The van der Waals surface area contributed by atoms with Gasteiger partial charge in [-0.1, -0.05) is 44.2 Å². The van der Waals surface area contributed by atoms with Gasteiger partial charge in [0.2, 0.25) is 5.91 Å². The quantitative estimate of drug-likeness (QED) is 0.326. The lowest BCUT2D eigenvalue weighted by Gasteiger charge is -2.34. The number of anilines is 1. The Bertz CT molecular complexity index is 1220. The zero-order valence-corrected chi connectivity index (χ0v) is 23.9. The normalized spacial score (nSPS) is 24.7. The summed E-state index contributed by atoms with van der Waals surface area (Å²) >= 11 is 0. The van der Waals surface area contributed by atoms with E-state index < -0.39 is 30.4 Å². The number of hydrogen-bond donors (Lipinski definition) is 4. The number of ether oxygens (including phenoxy) is 3. The van der Waals surface area contributed by atoms with Crippen LogP contribution in [0.5, 0.6) is 0 Å². The van der Waals surface area contributed by atoms with Gasteiger partial charge in [-0.3, -0.25) is 9.69 Å². The van der Waals surface area contributed by atoms with Crippen LogP contribution in [0.1, 0.15) is 48.6 Å². The first-order valence-electron chi connectivity index (χ1n) is 14.4. The average Bonchev–Trinajstić information content (AvgIpc) is 3.63. The number of carbonyl (C=O) groups is 2. The molecule has 0 bridgehead atoms. The SMILES string of the molecule is Cc1cc2c(cc1CO)C(N(CC(C)C)C[C@@H](O)C(Cc1ccccc1)NC(=O)O[C@H]1CO[C@H]3OCCC31)C(=O)N2. The molecule has 5 rings (SSSR count). The molecule has 2 aromatic carbocycles. The maximum Gasteiger partial charge on any atom is 0.407 e. The van der Waals surface area contributed by atoms with Crippen LogP contribution in [0.3, 0.4) is 0 Å². The molecule has 2 aromatic rings. The zero-order chi connectivity index (χ0) is 29.1. The standard InChI is InChI=1S/C31H41N3O7/c1-18(2)14-34(28-23-13-21(16-35)19(3)11-24(23)32-29(28)37)15-26(36)25(12-20-7-5-4-6-8-20)33-31(38)41-27-17-40-30-22(27)9-10-39-30/h4-8,11,13,18,22,25-28,30,35-36H,9-10,12,14-17H2,1-3H3,(H,32,37)(H,33,38)/t22?,25?,26-,27+,28?,30-/m1/s1. The molecule has 0 aromatic heterocycles. The van der Waals surface area contributed by atoms with Crippen molar-refractivity contribution in [1.82, 2.24) is 10.2 Å². The molecule has 3 aliphatic heterocycles. The molecule has 10 nitrogen and oxygen atoms in total. The Hall–Kier alpha value is -3.02. The molecule has 222 valence electrons. The maximum absolute atomic E-state index is 13.3. The third-order valence-corrected chi connectivity index (χ3v) is 8.18. The molecular formula is C31H41N3O7. The van der Waals surface area contributed by atoms with E-state index in [0.717, 1.165) is 28.7 Å². The Morgan fingerprint density at radius 1 is 1.20 bits per heavy atom. The van der Waals surface area contributed by atoms with E-state index in [0.29, 0.717) is 25.3 Å². The predicted octanol–water partition coefficient (Wildman–Crippen LogP) is 2.90. The number of alkyl carbamates (subject to hydrolysis) is 1. The highest BCUT2D eigenvalue weighted by atomic mass is 16.7. The summed E-state index contributed by atoms with van der Waals surface area (Å²) in [6, 6.07) is 12.1. The number of rotatable bonds is 11. The summed E-state index contributed by atoms with van der Waals surface area (Å²) in [4.78, 5) is 28.3. The lowest BCUT2D eigenvalue weighted by molar-refractivity contribution is -0.121. The summed E-state index contributed by atoms with van der Waals surface area (Å²) < 4.78 is 16.9. The summed E-state index contributed by atoms with van der Waals surface area (Å²) in [5.74, 6) is 0.0355. The van der Waals surface area contributed by atoms with Crippen molar-refractivity contribution in [3.05, 3.63) is 64.7 Å². The number of aliphatic hydroxyl groups is 2. The van der Waals surface area contributed by atoms with E-state index in [1.807, 2.05) is 54.3 Å². The largest absolute Gasteiger partial charge is 0.443 e. The first kappa shape index (κ1) is 29.5. The van der Waals surface area contributed by atoms with Crippen LogP contribution in [0.25, 0.3) is 0 Å². The highest BCUT2D eigenvalue weighted by molar-refractivity contribution is 6.02. The smallest absolute Gasteiger partial charge is 0.407 e. The lowest BCUT2D eigenvalue weighted by atomic mass is 9.97. The van der Waals surface area contributed by atoms with Crippen molar-refractivity contribution >= 4 is 17.7 Å². The lowest BCUT2D eigenvalue weighted by Crippen LogP contribution is -2.52. The molecule has 4 N–H and O–H groups in total. The summed E-state index contributed by atoms with van der Waals surface area (Å²) in [6.07, 6.45) is -1.22. The first-order chi connectivity index (χ1) is 19.7. The fourth-order valence-electron chi connectivity index (χ4n) is 6.13. The van der Waals surface area contributed by atoms with Crippen LogP contribution in [-0.2, 0) is 32.0 Å². The highest BCUT2D eigenvalue weighted by Crippen LogP contribution is 2.38. The molecule has 41 heavy (non-hydrogen) atoms. The van der Waals surface area contributed by atoms with Crippen LogP contribution in [-0.4, -0.2) is 78.0 Å². The van der Waals surface area contributed by atoms with Crippen LogP contribution in [0, 0.1) is 18.8 Å². The van der Waals surface area contributed by atoms with Crippen molar-refractivity contribution in [3.63, 3.8) is 0 Å². The molecule has 10 heteroatoms. The van der Waals surface area contributed by atoms with Crippen molar-refractivity contribution in [1.29, 1.82) is 0 Å². The Balaban J connectivity index is 1.35. The minimum absolute atomic E-state index is 0.00757. The zero-order valence-electron chi connectivity index (χ0n) is 23.9. The van der Waals surface area contributed by atoms with Crippen LogP contribution in [0.4, 0.5) is 10.5 Å². The molecule has 0 aliphatic carbocycles. The minimum atomic E-state index is -1.01. The van der Waals surface area contributed by atoms with E-state index in [2.05, 4.69) is 24.5 Å². The second-order valence-corrected chi connectivity index (χ2v) is 11.7. The van der Waals surface area contributed by atoms with Gasteiger partial charge in [-0.2, -0.15) is 0 Å². The van der Waals surface area contributed by atoms with Gasteiger partial charge in [0.1, 0.15) is 12.1 Å². The Morgan fingerprint density at radius 2 is 1.98 bits per heavy atom. The summed E-state index contributed by atoms with van der Waals surface area (Å²) in [6.45, 7) is 7.43. The summed E-state index contributed by atoms with van der Waals surface area (Å²) in [5.41, 5.74) is 4.10. The second kappa shape index (κ2) is 12.9. The highest BCUT2D eigenvalue weighted by Gasteiger charge is 2.44. The maximum atomic E-state index is 13.3. The molecule has 3 heterocycles. The number of aryl methyl sites for hydroxylation is 1. The molecule has 2 fully saturated rings. The predicted molar refractivity (Wildman–Crippen MR) is 152 cm³/mol. The van der Waals surface area contributed by atoms with Gasteiger partial charge in [0, 0.05) is 24.3 Å². The van der Waals surface area contributed by atoms with E-state index in [1.165, 1.54) is 0 Å². The van der Waals surface area contributed by atoms with Gasteiger partial charge in [-0.15, -0.1) is 0 Å². The second-order valence-electron chi connectivity index (χ2n) is 11.7. The van der Waals surface area contributed by atoms with Crippen molar-refractivity contribution < 1.29 is 34.0 Å². The van der Waals surface area contributed by atoms with E-state index in [4.69, 9.17) is 14.2 Å². The van der Waals surface area contributed by atoms with Crippen molar-refractivity contribution in [2.75, 3.05) is 31.6 Å². The summed E-state index contributed by atoms with van der Waals surface area (Å²) in [7, 11) is 0. The molecule has 3 aliphatic rings. The van der Waals surface area contributed by atoms with Gasteiger partial charge in [-0.05, 0) is 54.5 Å². The van der Waals surface area contributed by atoms with Gasteiger partial charge in [0.25, 0.3) is 0 Å². The Kier molecular flexibility index (Phi) is 9.25. The van der Waals surface area contributed by atoms with E-state index in [9.17, 15) is 19.8 Å². The van der Waals surface area contributed by atoms with Crippen LogP contribution in [0.15, 0.2) is 42.5 Å². The third kappa shape index (κ3) is 6.73. The first-order valence-corrected chi connectivity index (χ1v) is 14.4. The molecule has 6 atom stereocenters. The monoisotopic (exact) mass is 567 g/mol. The van der Waals surface area contributed by atoms with Crippen LogP contribution >= 0.6 is 0 Å². The van der Waals surface area contributed by atoms with E-state index in [-0.39, 0.29) is 43.8 Å². The molecule has 0 saturated carbocycles. The molecule has 0 spiro atoms.